The number of likely N-dealkylation sites (N-methyl/N-ethyl adjacent to an activating group) is 1. The number of rotatable bonds is 6. The molecule has 1 saturated heterocycles. The lowest BCUT2D eigenvalue weighted by Crippen LogP contribution is -2.33. The number of benzene rings is 2. The largest absolute Gasteiger partial charge is 0.492 e. The highest BCUT2D eigenvalue weighted by molar-refractivity contribution is 7.17. The number of H-pyrrole nitrogens is 1. The van der Waals surface area contributed by atoms with Gasteiger partial charge in [0.15, 0.2) is 5.13 Å². The van der Waals surface area contributed by atoms with Gasteiger partial charge in [0.2, 0.25) is 5.88 Å². The number of hydrogen-bond acceptors (Lipinski definition) is 7. The van der Waals surface area contributed by atoms with Crippen LogP contribution in [0.4, 0.5) is 31.5 Å². The number of nitrogens with one attached hydrogen (secondary N) is 2. The minimum atomic E-state index is -5.08. The van der Waals surface area contributed by atoms with Gasteiger partial charge < -0.3 is 20.4 Å². The van der Waals surface area contributed by atoms with E-state index in [1.807, 2.05) is 4.90 Å². The molecule has 4 aromatic rings. The summed E-state index contributed by atoms with van der Waals surface area (Å²) in [7, 11) is 1.76. The number of halogens is 6. The molecule has 1 fully saturated rings. The maximum absolute atomic E-state index is 14.0. The molecule has 1 aliphatic heterocycles. The van der Waals surface area contributed by atoms with Gasteiger partial charge in [0, 0.05) is 36.6 Å². The summed E-state index contributed by atoms with van der Waals surface area (Å²) in [5, 5.41) is 31.2. The van der Waals surface area contributed by atoms with Crippen LogP contribution in [0.15, 0.2) is 42.6 Å². The molecule has 0 radical (unpaired) electrons. The van der Waals surface area contributed by atoms with Gasteiger partial charge in [-0.3, -0.25) is 5.10 Å². The van der Waals surface area contributed by atoms with Crippen LogP contribution in [-0.2, 0) is 12.4 Å². The Balaban J connectivity index is 1.65. The second-order valence-corrected chi connectivity index (χ2v) is 10.4. The molecule has 14 heteroatoms. The summed E-state index contributed by atoms with van der Waals surface area (Å²) in [5.74, 6) is -0.435. The van der Waals surface area contributed by atoms with Gasteiger partial charge in [0.25, 0.3) is 0 Å². The first-order valence-corrected chi connectivity index (χ1v) is 12.9. The van der Waals surface area contributed by atoms with Crippen molar-refractivity contribution in [2.45, 2.75) is 30.9 Å². The van der Waals surface area contributed by atoms with E-state index in [0.717, 1.165) is 23.5 Å². The van der Waals surface area contributed by atoms with Crippen molar-refractivity contribution in [3.63, 3.8) is 0 Å². The van der Waals surface area contributed by atoms with E-state index in [1.54, 1.807) is 25.2 Å². The Hall–Kier alpha value is -3.62. The molecule has 40 heavy (non-hydrogen) atoms. The minimum Gasteiger partial charge on any atom is -0.492 e. The van der Waals surface area contributed by atoms with Gasteiger partial charge in [-0.15, -0.1) is 0 Å². The van der Waals surface area contributed by atoms with Crippen molar-refractivity contribution in [3.05, 3.63) is 69.7 Å². The zero-order chi connectivity index (χ0) is 28.8. The Morgan fingerprint density at radius 2 is 1.90 bits per heavy atom. The second kappa shape index (κ2) is 10.4. The average Bonchev–Trinajstić information content (AvgIpc) is 3.65. The van der Waals surface area contributed by atoms with Gasteiger partial charge in [0.05, 0.1) is 29.4 Å². The quantitative estimate of drug-likeness (QED) is 0.177. The Labute approximate surface area is 227 Å². The number of nitrogens with zero attached hydrogens (tertiary/aromatic N) is 3. The lowest BCUT2D eigenvalue weighted by atomic mass is 9.96. The van der Waals surface area contributed by atoms with E-state index in [4.69, 9.17) is 0 Å². The lowest BCUT2D eigenvalue weighted by Gasteiger charge is -2.22. The maximum atomic E-state index is 14.0. The zero-order valence-electron chi connectivity index (χ0n) is 20.8. The SMILES string of the molecule is CN(c1nc(O)c(C(=Cc2ccc(C(F)(F)F)cc2C(F)(F)F)c2ccc3[nH]ncc3c2)s1)C1CNC(CO)C1. The molecule has 3 heterocycles. The first kappa shape index (κ1) is 27.9. The number of aliphatic hydroxyl groups is 1. The fourth-order valence-electron chi connectivity index (χ4n) is 4.67. The van der Waals surface area contributed by atoms with Gasteiger partial charge in [-0.05, 0) is 47.9 Å². The summed E-state index contributed by atoms with van der Waals surface area (Å²) in [5.41, 5.74) is -2.18. The number of aromatic hydroxyl groups is 1. The van der Waals surface area contributed by atoms with Crippen molar-refractivity contribution in [2.75, 3.05) is 25.1 Å². The molecular weight excluding hydrogens is 560 g/mol. The van der Waals surface area contributed by atoms with Crippen LogP contribution in [0, 0.1) is 0 Å². The molecule has 0 amide bonds. The number of thiazole rings is 1. The third-order valence-electron chi connectivity index (χ3n) is 6.85. The Morgan fingerprint density at radius 3 is 2.58 bits per heavy atom. The predicted molar refractivity (Wildman–Crippen MR) is 139 cm³/mol. The van der Waals surface area contributed by atoms with Crippen molar-refractivity contribution < 1.29 is 36.6 Å². The summed E-state index contributed by atoms with van der Waals surface area (Å²) >= 11 is 1.04. The van der Waals surface area contributed by atoms with Gasteiger partial charge in [0.1, 0.15) is 4.88 Å². The van der Waals surface area contributed by atoms with Gasteiger partial charge in [-0.2, -0.15) is 36.4 Å². The molecule has 0 aliphatic carbocycles. The van der Waals surface area contributed by atoms with E-state index >= 15 is 0 Å². The Morgan fingerprint density at radius 1 is 1.12 bits per heavy atom. The number of alkyl halides is 6. The highest BCUT2D eigenvalue weighted by Crippen LogP contribution is 2.43. The smallest absolute Gasteiger partial charge is 0.417 e. The van der Waals surface area contributed by atoms with Gasteiger partial charge in [-0.1, -0.05) is 23.5 Å². The topological polar surface area (TPSA) is 97.3 Å². The molecule has 212 valence electrons. The standard InChI is InChI=1S/C26H23F6N5O2S/c1-37(18-9-17(12-38)33-11-18)24-35-23(39)22(40-24)19(13-3-5-21-15(6-13)10-34-36-21)7-14-2-4-16(25(27,28)29)8-20(14)26(30,31)32/h2-8,10,17-18,33,38-39H,9,11-12H2,1H3,(H,34,36). The number of aliphatic hydroxyl groups excluding tert-OH is 1. The number of aromatic amines is 1. The summed E-state index contributed by atoms with van der Waals surface area (Å²) in [6, 6.07) is 6.21. The molecule has 5 rings (SSSR count). The van der Waals surface area contributed by atoms with E-state index < -0.39 is 34.9 Å². The highest BCUT2D eigenvalue weighted by atomic mass is 32.1. The molecule has 0 spiro atoms. The monoisotopic (exact) mass is 583 g/mol. The first-order chi connectivity index (χ1) is 18.8. The molecule has 1 aliphatic rings. The van der Waals surface area contributed by atoms with Crippen LogP contribution < -0.4 is 10.2 Å². The third kappa shape index (κ3) is 5.51. The summed E-state index contributed by atoms with van der Waals surface area (Å²) < 4.78 is 81.6. The normalized spacial score (nSPS) is 18.6. The van der Waals surface area contributed by atoms with Crippen molar-refractivity contribution >= 4 is 39.0 Å². The first-order valence-electron chi connectivity index (χ1n) is 12.1. The lowest BCUT2D eigenvalue weighted by molar-refractivity contribution is -0.143. The van der Waals surface area contributed by atoms with Crippen molar-refractivity contribution in [3.8, 4) is 5.88 Å². The molecule has 2 unspecified atom stereocenters. The van der Waals surface area contributed by atoms with Crippen LogP contribution in [0.5, 0.6) is 5.88 Å². The maximum Gasteiger partial charge on any atom is 0.417 e. The summed E-state index contributed by atoms with van der Waals surface area (Å²) in [4.78, 5) is 6.20. The zero-order valence-corrected chi connectivity index (χ0v) is 21.6. The number of aromatic nitrogens is 3. The Kier molecular flexibility index (Phi) is 7.27. The fraction of sp³-hybridized carbons (Fsp3) is 0.308. The van der Waals surface area contributed by atoms with Crippen LogP contribution in [-0.4, -0.2) is 57.7 Å². The molecule has 2 atom stereocenters. The summed E-state index contributed by atoms with van der Waals surface area (Å²) in [6.07, 6.45) is -6.79. The number of anilines is 1. The van der Waals surface area contributed by atoms with E-state index in [0.29, 0.717) is 40.6 Å². The van der Waals surface area contributed by atoms with Gasteiger partial charge in [-0.25, -0.2) is 0 Å². The van der Waals surface area contributed by atoms with Crippen LogP contribution in [0.3, 0.4) is 0 Å². The predicted octanol–water partition coefficient (Wildman–Crippen LogP) is 5.51. The van der Waals surface area contributed by atoms with E-state index in [-0.39, 0.29) is 35.2 Å². The molecule has 2 aromatic heterocycles. The van der Waals surface area contributed by atoms with Crippen molar-refractivity contribution in [2.24, 2.45) is 0 Å². The van der Waals surface area contributed by atoms with Crippen LogP contribution in [0.25, 0.3) is 22.6 Å². The van der Waals surface area contributed by atoms with Gasteiger partial charge >= 0.3 is 12.4 Å². The van der Waals surface area contributed by atoms with Crippen LogP contribution in [0.2, 0.25) is 0 Å². The van der Waals surface area contributed by atoms with Crippen molar-refractivity contribution in [1.82, 2.24) is 20.5 Å². The number of hydrogen-bond donors (Lipinski definition) is 4. The Bertz CT molecular complexity index is 1560. The second-order valence-electron chi connectivity index (χ2n) is 9.46. The molecule has 4 N–H and O–H groups in total. The number of fused-ring (bicyclic) bond motifs is 1. The van der Waals surface area contributed by atoms with Crippen LogP contribution >= 0.6 is 11.3 Å². The molecule has 0 bridgehead atoms. The van der Waals surface area contributed by atoms with E-state index in [9.17, 15) is 36.6 Å². The fourth-order valence-corrected chi connectivity index (χ4v) is 5.70. The molecule has 2 aromatic carbocycles. The third-order valence-corrected chi connectivity index (χ3v) is 8.02. The van der Waals surface area contributed by atoms with Crippen molar-refractivity contribution in [1.29, 1.82) is 0 Å². The average molecular weight is 584 g/mol. The summed E-state index contributed by atoms with van der Waals surface area (Å²) in [6.45, 7) is 0.508. The van der Waals surface area contributed by atoms with Crippen LogP contribution in [0.1, 0.15) is 33.6 Å². The minimum absolute atomic E-state index is 0.0449. The van der Waals surface area contributed by atoms with E-state index in [1.165, 1.54) is 6.20 Å². The molecular formula is C26H23F6N5O2S. The molecule has 7 nitrogen and oxygen atoms in total. The molecule has 0 saturated carbocycles. The van der Waals surface area contributed by atoms with E-state index in [2.05, 4.69) is 20.5 Å². The highest BCUT2D eigenvalue weighted by Gasteiger charge is 2.38.